The van der Waals surface area contributed by atoms with E-state index in [1.807, 2.05) is 6.07 Å². The molecule has 18 heavy (non-hydrogen) atoms. The highest BCUT2D eigenvalue weighted by molar-refractivity contribution is 9.10. The highest BCUT2D eigenvalue weighted by Crippen LogP contribution is 2.51. The minimum absolute atomic E-state index is 0.0464. The van der Waals surface area contributed by atoms with Gasteiger partial charge >= 0.3 is 0 Å². The van der Waals surface area contributed by atoms with Gasteiger partial charge in [0.05, 0.1) is 0 Å². The van der Waals surface area contributed by atoms with Crippen LogP contribution in [-0.2, 0) is 6.42 Å². The summed E-state index contributed by atoms with van der Waals surface area (Å²) in [4.78, 5) is 0. The molecule has 92 valence electrons. The van der Waals surface area contributed by atoms with E-state index in [1.54, 1.807) is 0 Å². The second kappa shape index (κ2) is 4.52. The zero-order valence-electron chi connectivity index (χ0n) is 10.1. The molecule has 0 unspecified atom stereocenters. The van der Waals surface area contributed by atoms with Crippen molar-refractivity contribution in [2.24, 2.45) is 5.73 Å². The van der Waals surface area contributed by atoms with Crippen molar-refractivity contribution in [3.8, 4) is 0 Å². The molecule has 3 rings (SSSR count). The molecule has 2 heteroatoms. The van der Waals surface area contributed by atoms with Crippen molar-refractivity contribution in [2.45, 2.75) is 24.3 Å². The summed E-state index contributed by atoms with van der Waals surface area (Å²) < 4.78 is 1.12. The second-order valence-corrected chi connectivity index (χ2v) is 6.12. The van der Waals surface area contributed by atoms with Gasteiger partial charge < -0.3 is 5.73 Å². The molecule has 0 aliphatic heterocycles. The fourth-order valence-electron chi connectivity index (χ4n) is 2.64. The lowest BCUT2D eigenvalue weighted by atomic mass is 10.00. The Kier molecular flexibility index (Phi) is 3.00. The molecule has 0 heterocycles. The molecule has 1 nitrogen and oxygen atoms in total. The molecule has 2 aromatic rings. The maximum Gasteiger partial charge on any atom is 0.0271 e. The molecule has 0 aromatic heterocycles. The highest BCUT2D eigenvalue weighted by atomic mass is 79.9. The van der Waals surface area contributed by atoms with Crippen LogP contribution >= 0.6 is 15.9 Å². The number of benzene rings is 2. The van der Waals surface area contributed by atoms with Crippen LogP contribution in [0.5, 0.6) is 0 Å². The van der Waals surface area contributed by atoms with Crippen LogP contribution < -0.4 is 5.73 Å². The van der Waals surface area contributed by atoms with Gasteiger partial charge in [0.25, 0.3) is 0 Å². The lowest BCUT2D eigenvalue weighted by molar-refractivity contribution is 0.646. The van der Waals surface area contributed by atoms with E-state index in [0.29, 0.717) is 5.92 Å². The Hall–Kier alpha value is -1.12. The van der Waals surface area contributed by atoms with Crippen LogP contribution in [0.25, 0.3) is 0 Å². The van der Waals surface area contributed by atoms with Crippen molar-refractivity contribution in [2.75, 3.05) is 0 Å². The molecule has 2 aromatic carbocycles. The fourth-order valence-corrected chi connectivity index (χ4v) is 2.90. The average Bonchev–Trinajstić information content (AvgIpc) is 3.03. The topological polar surface area (TPSA) is 26.0 Å². The zero-order chi connectivity index (χ0) is 12.6. The van der Waals surface area contributed by atoms with E-state index in [-0.39, 0.29) is 5.54 Å². The Morgan fingerprint density at radius 3 is 2.39 bits per heavy atom. The molecule has 1 saturated carbocycles. The molecule has 2 N–H and O–H groups in total. The van der Waals surface area contributed by atoms with Crippen molar-refractivity contribution in [1.29, 1.82) is 0 Å². The highest BCUT2D eigenvalue weighted by Gasteiger charge is 2.51. The SMILES string of the molecule is N[C@]1(Cc2ccccc2)C[C@H]1c1ccc(Br)cc1. The van der Waals surface area contributed by atoms with Crippen molar-refractivity contribution in [1.82, 2.24) is 0 Å². The molecular weight excluding hydrogens is 286 g/mol. The Bertz CT molecular complexity index is 535. The van der Waals surface area contributed by atoms with E-state index < -0.39 is 0 Å². The first-order chi connectivity index (χ1) is 8.67. The van der Waals surface area contributed by atoms with E-state index in [4.69, 9.17) is 5.73 Å². The van der Waals surface area contributed by atoms with Crippen molar-refractivity contribution < 1.29 is 0 Å². The lowest BCUT2D eigenvalue weighted by Crippen LogP contribution is -2.27. The Balaban J connectivity index is 1.74. The number of nitrogens with two attached hydrogens (primary N) is 1. The number of rotatable bonds is 3. The van der Waals surface area contributed by atoms with Crippen molar-refractivity contribution >= 4 is 15.9 Å². The van der Waals surface area contributed by atoms with Crippen LogP contribution in [0.4, 0.5) is 0 Å². The van der Waals surface area contributed by atoms with Gasteiger partial charge in [0.15, 0.2) is 0 Å². The number of halogens is 1. The van der Waals surface area contributed by atoms with Gasteiger partial charge in [0.1, 0.15) is 0 Å². The average molecular weight is 302 g/mol. The first kappa shape index (κ1) is 11.9. The quantitative estimate of drug-likeness (QED) is 0.915. The summed E-state index contributed by atoms with van der Waals surface area (Å²) in [5, 5.41) is 0. The van der Waals surface area contributed by atoms with Gasteiger partial charge in [-0.2, -0.15) is 0 Å². The Labute approximate surface area is 116 Å². The first-order valence-electron chi connectivity index (χ1n) is 6.26. The first-order valence-corrected chi connectivity index (χ1v) is 7.05. The van der Waals surface area contributed by atoms with Crippen molar-refractivity contribution in [3.05, 3.63) is 70.2 Å². The summed E-state index contributed by atoms with van der Waals surface area (Å²) in [6.45, 7) is 0. The molecule has 0 spiro atoms. The summed E-state index contributed by atoms with van der Waals surface area (Å²) >= 11 is 3.47. The summed E-state index contributed by atoms with van der Waals surface area (Å²) in [7, 11) is 0. The molecule has 0 saturated heterocycles. The van der Waals surface area contributed by atoms with E-state index in [9.17, 15) is 0 Å². The molecule has 1 aliphatic rings. The van der Waals surface area contributed by atoms with Gasteiger partial charge in [-0.3, -0.25) is 0 Å². The Morgan fingerprint density at radius 2 is 1.72 bits per heavy atom. The summed E-state index contributed by atoms with van der Waals surface area (Å²) in [6.07, 6.45) is 2.05. The van der Waals surface area contributed by atoms with Crippen LogP contribution in [0.15, 0.2) is 59.1 Å². The molecule has 1 fully saturated rings. The minimum Gasteiger partial charge on any atom is -0.324 e. The number of hydrogen-bond donors (Lipinski definition) is 1. The van der Waals surface area contributed by atoms with Crippen LogP contribution in [0.1, 0.15) is 23.5 Å². The summed E-state index contributed by atoms with van der Waals surface area (Å²) in [5.41, 5.74) is 9.13. The minimum atomic E-state index is -0.0464. The normalized spacial score (nSPS) is 26.0. The third-order valence-corrected chi connectivity index (χ3v) is 4.30. The van der Waals surface area contributed by atoms with Crippen LogP contribution in [0, 0.1) is 0 Å². The molecular formula is C16H16BrN. The second-order valence-electron chi connectivity index (χ2n) is 5.20. The standard InChI is InChI=1S/C16H16BrN/c17-14-8-6-13(7-9-14)15-11-16(15,18)10-12-4-2-1-3-5-12/h1-9,15H,10-11,18H2/t15-,16+/m0/s1. The van der Waals surface area contributed by atoms with Gasteiger partial charge in [-0.05, 0) is 36.1 Å². The van der Waals surface area contributed by atoms with Gasteiger partial charge in [0, 0.05) is 15.9 Å². The van der Waals surface area contributed by atoms with Gasteiger partial charge in [-0.1, -0.05) is 58.4 Å². The molecule has 2 atom stereocenters. The summed E-state index contributed by atoms with van der Waals surface area (Å²) in [6, 6.07) is 19.1. The van der Waals surface area contributed by atoms with Gasteiger partial charge in [0.2, 0.25) is 0 Å². The number of hydrogen-bond acceptors (Lipinski definition) is 1. The van der Waals surface area contributed by atoms with E-state index >= 15 is 0 Å². The molecule has 0 radical (unpaired) electrons. The largest absolute Gasteiger partial charge is 0.324 e. The lowest BCUT2D eigenvalue weighted by Gasteiger charge is -2.12. The third-order valence-electron chi connectivity index (χ3n) is 3.77. The predicted octanol–water partition coefficient (Wildman–Crippen LogP) is 3.88. The zero-order valence-corrected chi connectivity index (χ0v) is 11.7. The van der Waals surface area contributed by atoms with Gasteiger partial charge in [-0.25, -0.2) is 0 Å². The van der Waals surface area contributed by atoms with E-state index in [2.05, 4.69) is 64.5 Å². The van der Waals surface area contributed by atoms with E-state index in [0.717, 1.165) is 17.3 Å². The predicted molar refractivity (Wildman–Crippen MR) is 78.6 cm³/mol. The van der Waals surface area contributed by atoms with Gasteiger partial charge in [-0.15, -0.1) is 0 Å². The molecule has 1 aliphatic carbocycles. The molecule has 0 amide bonds. The van der Waals surface area contributed by atoms with E-state index in [1.165, 1.54) is 11.1 Å². The monoisotopic (exact) mass is 301 g/mol. The maximum atomic E-state index is 6.48. The maximum absolute atomic E-state index is 6.48. The molecule has 0 bridgehead atoms. The summed E-state index contributed by atoms with van der Waals surface area (Å²) in [5.74, 6) is 0.505. The van der Waals surface area contributed by atoms with Crippen LogP contribution in [0.3, 0.4) is 0 Å². The smallest absolute Gasteiger partial charge is 0.0271 e. The van der Waals surface area contributed by atoms with Crippen LogP contribution in [0.2, 0.25) is 0 Å². The fraction of sp³-hybridized carbons (Fsp3) is 0.250. The van der Waals surface area contributed by atoms with Crippen molar-refractivity contribution in [3.63, 3.8) is 0 Å². The Morgan fingerprint density at radius 1 is 1.06 bits per heavy atom. The van der Waals surface area contributed by atoms with Crippen LogP contribution in [-0.4, -0.2) is 5.54 Å². The third kappa shape index (κ3) is 2.36.